The van der Waals surface area contributed by atoms with Crippen LogP contribution in [0.5, 0.6) is 0 Å². The first-order valence-electron chi connectivity index (χ1n) is 7.58. The van der Waals surface area contributed by atoms with Crippen LogP contribution < -0.4 is 5.32 Å². The molecule has 0 unspecified atom stereocenters. The molecular formula is C16H30N2O. The lowest BCUT2D eigenvalue weighted by atomic mass is 10.2. The van der Waals surface area contributed by atoms with Gasteiger partial charge in [-0.2, -0.15) is 0 Å². The molecule has 0 bridgehead atoms. The molecule has 0 saturated carbocycles. The van der Waals surface area contributed by atoms with Crippen LogP contribution in [-0.2, 0) is 13.1 Å². The molecule has 1 aromatic rings. The Hall–Kier alpha value is -0.800. The summed E-state index contributed by atoms with van der Waals surface area (Å²) in [5.41, 5.74) is 1.30. The molecule has 0 aliphatic rings. The predicted octanol–water partition coefficient (Wildman–Crippen LogP) is 3.57. The molecule has 19 heavy (non-hydrogen) atoms. The normalized spacial score (nSPS) is 11.7. The van der Waals surface area contributed by atoms with Crippen LogP contribution in [-0.4, -0.2) is 24.5 Å². The van der Waals surface area contributed by atoms with E-state index in [4.69, 9.17) is 4.42 Å². The monoisotopic (exact) mass is 266 g/mol. The number of nitrogens with zero attached hydrogens (tertiary/aromatic N) is 1. The van der Waals surface area contributed by atoms with Gasteiger partial charge in [-0.3, -0.25) is 4.90 Å². The largest absolute Gasteiger partial charge is 0.465 e. The highest BCUT2D eigenvalue weighted by atomic mass is 16.3. The van der Waals surface area contributed by atoms with E-state index in [1.807, 2.05) is 0 Å². The highest BCUT2D eigenvalue weighted by Crippen LogP contribution is 2.16. The molecule has 1 aromatic heterocycles. The maximum absolute atomic E-state index is 5.88. The Balaban J connectivity index is 2.56. The molecule has 0 amide bonds. The summed E-state index contributed by atoms with van der Waals surface area (Å²) in [6.45, 7) is 16.1. The van der Waals surface area contributed by atoms with Gasteiger partial charge < -0.3 is 9.73 Å². The first-order valence-corrected chi connectivity index (χ1v) is 7.58. The summed E-state index contributed by atoms with van der Waals surface area (Å²) < 4.78 is 5.88. The van der Waals surface area contributed by atoms with Gasteiger partial charge in [0.2, 0.25) is 0 Å². The van der Waals surface area contributed by atoms with Crippen LogP contribution in [0.1, 0.15) is 51.2 Å². The van der Waals surface area contributed by atoms with Gasteiger partial charge in [0, 0.05) is 18.7 Å². The van der Waals surface area contributed by atoms with E-state index in [1.54, 1.807) is 0 Å². The quantitative estimate of drug-likeness (QED) is 0.693. The van der Waals surface area contributed by atoms with Crippen LogP contribution in [0.3, 0.4) is 0 Å². The van der Waals surface area contributed by atoms with Gasteiger partial charge in [0.25, 0.3) is 0 Å². The lowest BCUT2D eigenvalue weighted by Gasteiger charge is -2.21. The van der Waals surface area contributed by atoms with Gasteiger partial charge in [-0.1, -0.05) is 27.7 Å². The molecule has 110 valence electrons. The van der Waals surface area contributed by atoms with Crippen molar-refractivity contribution in [1.29, 1.82) is 0 Å². The fourth-order valence-corrected chi connectivity index (χ4v) is 2.28. The fourth-order valence-electron chi connectivity index (χ4n) is 2.28. The van der Waals surface area contributed by atoms with E-state index in [2.05, 4.69) is 50.9 Å². The summed E-state index contributed by atoms with van der Waals surface area (Å²) in [6, 6.07) is 2.21. The Kier molecular flexibility index (Phi) is 7.17. The standard InChI is InChI=1S/C16H30N2O/c1-6-8-17-10-15-9-16(19-14(15)5)12-18(7-2)11-13(3)4/h9,13,17H,6-8,10-12H2,1-5H3. The van der Waals surface area contributed by atoms with Crippen LogP contribution in [0, 0.1) is 12.8 Å². The molecule has 1 heterocycles. The number of hydrogen-bond acceptors (Lipinski definition) is 3. The molecule has 3 heteroatoms. The van der Waals surface area contributed by atoms with Gasteiger partial charge in [0.05, 0.1) is 6.54 Å². The van der Waals surface area contributed by atoms with Crippen LogP contribution in [0.15, 0.2) is 10.5 Å². The topological polar surface area (TPSA) is 28.4 Å². The third-order valence-electron chi connectivity index (χ3n) is 3.26. The average Bonchev–Trinajstić information content (AvgIpc) is 2.69. The van der Waals surface area contributed by atoms with Crippen molar-refractivity contribution in [3.05, 3.63) is 23.2 Å². The molecule has 3 nitrogen and oxygen atoms in total. The number of nitrogens with one attached hydrogen (secondary N) is 1. The molecule has 0 fully saturated rings. The number of furan rings is 1. The van der Waals surface area contributed by atoms with Crippen molar-refractivity contribution in [2.45, 2.75) is 54.1 Å². The first-order chi connectivity index (χ1) is 9.06. The summed E-state index contributed by atoms with van der Waals surface area (Å²) in [7, 11) is 0. The second kappa shape index (κ2) is 8.39. The van der Waals surface area contributed by atoms with E-state index in [-0.39, 0.29) is 0 Å². The van der Waals surface area contributed by atoms with Gasteiger partial charge in [0.15, 0.2) is 0 Å². The fraction of sp³-hybridized carbons (Fsp3) is 0.750. The molecule has 1 N–H and O–H groups in total. The van der Waals surface area contributed by atoms with Gasteiger partial charge in [-0.05, 0) is 38.4 Å². The molecule has 0 radical (unpaired) electrons. The zero-order valence-electron chi connectivity index (χ0n) is 13.3. The lowest BCUT2D eigenvalue weighted by Crippen LogP contribution is -2.26. The highest BCUT2D eigenvalue weighted by Gasteiger charge is 2.11. The second-order valence-electron chi connectivity index (χ2n) is 5.69. The maximum Gasteiger partial charge on any atom is 0.118 e. The second-order valence-corrected chi connectivity index (χ2v) is 5.69. The lowest BCUT2D eigenvalue weighted by molar-refractivity contribution is 0.228. The van der Waals surface area contributed by atoms with E-state index in [0.29, 0.717) is 5.92 Å². The maximum atomic E-state index is 5.88. The first kappa shape index (κ1) is 16.3. The summed E-state index contributed by atoms with van der Waals surface area (Å²) in [5, 5.41) is 3.43. The van der Waals surface area contributed by atoms with Crippen molar-refractivity contribution in [3.63, 3.8) is 0 Å². The molecule has 0 atom stereocenters. The average molecular weight is 266 g/mol. The Morgan fingerprint density at radius 3 is 2.63 bits per heavy atom. The number of hydrogen-bond donors (Lipinski definition) is 1. The van der Waals surface area contributed by atoms with Gasteiger partial charge >= 0.3 is 0 Å². The van der Waals surface area contributed by atoms with Gasteiger partial charge in [0.1, 0.15) is 11.5 Å². The minimum absolute atomic E-state index is 0.696. The SMILES string of the molecule is CCCNCc1cc(CN(CC)CC(C)C)oc1C. The Morgan fingerprint density at radius 1 is 1.32 bits per heavy atom. The van der Waals surface area contributed by atoms with Crippen LogP contribution >= 0.6 is 0 Å². The Morgan fingerprint density at radius 2 is 2.05 bits per heavy atom. The zero-order chi connectivity index (χ0) is 14.3. The third kappa shape index (κ3) is 5.79. The van der Waals surface area contributed by atoms with E-state index >= 15 is 0 Å². The summed E-state index contributed by atoms with van der Waals surface area (Å²) in [4.78, 5) is 2.44. The van der Waals surface area contributed by atoms with E-state index < -0.39 is 0 Å². The van der Waals surface area contributed by atoms with Crippen LogP contribution in [0.25, 0.3) is 0 Å². The van der Waals surface area contributed by atoms with Crippen LogP contribution in [0.4, 0.5) is 0 Å². The van der Waals surface area contributed by atoms with Crippen molar-refractivity contribution in [2.24, 2.45) is 5.92 Å². The van der Waals surface area contributed by atoms with Gasteiger partial charge in [-0.15, -0.1) is 0 Å². The summed E-state index contributed by atoms with van der Waals surface area (Å²) in [6.07, 6.45) is 1.17. The molecule has 0 saturated heterocycles. The van der Waals surface area contributed by atoms with Crippen molar-refractivity contribution in [2.75, 3.05) is 19.6 Å². The minimum atomic E-state index is 0.696. The molecular weight excluding hydrogens is 236 g/mol. The molecule has 1 rings (SSSR count). The molecule has 0 spiro atoms. The van der Waals surface area contributed by atoms with Gasteiger partial charge in [-0.25, -0.2) is 0 Å². The van der Waals surface area contributed by atoms with E-state index in [0.717, 1.165) is 44.2 Å². The Labute approximate surface area is 118 Å². The van der Waals surface area contributed by atoms with E-state index in [1.165, 1.54) is 12.0 Å². The predicted molar refractivity (Wildman–Crippen MR) is 81.2 cm³/mol. The number of aryl methyl sites for hydroxylation is 1. The minimum Gasteiger partial charge on any atom is -0.465 e. The van der Waals surface area contributed by atoms with E-state index in [9.17, 15) is 0 Å². The highest BCUT2D eigenvalue weighted by molar-refractivity contribution is 5.20. The van der Waals surface area contributed by atoms with Crippen LogP contribution in [0.2, 0.25) is 0 Å². The molecule has 0 aliphatic heterocycles. The van der Waals surface area contributed by atoms with Crippen molar-refractivity contribution >= 4 is 0 Å². The smallest absolute Gasteiger partial charge is 0.118 e. The third-order valence-corrected chi connectivity index (χ3v) is 3.26. The molecule has 0 aromatic carbocycles. The zero-order valence-corrected chi connectivity index (χ0v) is 13.3. The summed E-state index contributed by atoms with van der Waals surface area (Å²) >= 11 is 0. The van der Waals surface area contributed by atoms with Crippen molar-refractivity contribution < 1.29 is 4.42 Å². The Bertz CT molecular complexity index is 358. The molecule has 0 aliphatic carbocycles. The summed E-state index contributed by atoms with van der Waals surface area (Å²) in [5.74, 6) is 2.84. The van der Waals surface area contributed by atoms with Crippen molar-refractivity contribution in [1.82, 2.24) is 10.2 Å². The van der Waals surface area contributed by atoms with Crippen molar-refractivity contribution in [3.8, 4) is 0 Å². The number of rotatable bonds is 9.